The fraction of sp³-hybridized carbons (Fsp3) is 0.300. The first kappa shape index (κ1) is 21.5. The number of hydrogen-bond acceptors (Lipinski definition) is 5. The molecule has 0 radical (unpaired) electrons. The van der Waals surface area contributed by atoms with Gasteiger partial charge in [0.1, 0.15) is 11.5 Å². The van der Waals surface area contributed by atoms with Gasteiger partial charge in [-0.15, -0.1) is 0 Å². The van der Waals surface area contributed by atoms with Gasteiger partial charge in [0.2, 0.25) is 0 Å². The second-order valence-corrected chi connectivity index (χ2v) is 7.57. The molecule has 0 unspecified atom stereocenters. The Kier molecular flexibility index (Phi) is 9.38. The van der Waals surface area contributed by atoms with Crippen LogP contribution in [-0.2, 0) is 0 Å². The molecule has 0 amide bonds. The first-order chi connectivity index (χ1) is 13.1. The summed E-state index contributed by atoms with van der Waals surface area (Å²) in [6.45, 7) is 5.79. The number of rotatable bonds is 8. The lowest BCUT2D eigenvalue weighted by Crippen LogP contribution is -2.26. The zero-order valence-electron chi connectivity index (χ0n) is 15.5. The maximum Gasteiger partial charge on any atom is 0.262 e. The van der Waals surface area contributed by atoms with E-state index in [0.717, 1.165) is 47.2 Å². The van der Waals surface area contributed by atoms with E-state index >= 15 is 0 Å². The Morgan fingerprint density at radius 1 is 0.741 bits per heavy atom. The van der Waals surface area contributed by atoms with E-state index in [1.54, 1.807) is 11.8 Å². The largest absolute Gasteiger partial charge is 0.432 e. The highest BCUT2D eigenvalue weighted by atomic mass is 32.2. The van der Waals surface area contributed by atoms with Crippen LogP contribution < -0.4 is 20.1 Å². The molecule has 4 nitrogen and oxygen atoms in total. The maximum absolute atomic E-state index is 5.58. The van der Waals surface area contributed by atoms with Crippen molar-refractivity contribution >= 4 is 46.5 Å². The highest BCUT2D eigenvalue weighted by molar-refractivity contribution is 7.99. The molecule has 0 saturated carbocycles. The van der Waals surface area contributed by atoms with Crippen molar-refractivity contribution in [1.29, 1.82) is 0 Å². The van der Waals surface area contributed by atoms with Crippen LogP contribution in [0.4, 0.5) is 0 Å². The second kappa shape index (κ2) is 11.8. The number of thiocarbonyl (C=S) groups is 2. The molecular formula is C20H24N2O2S3. The molecule has 0 atom stereocenters. The molecule has 144 valence electrons. The molecule has 2 aromatic carbocycles. The molecule has 0 bridgehead atoms. The van der Waals surface area contributed by atoms with Gasteiger partial charge in [0.25, 0.3) is 10.3 Å². The summed E-state index contributed by atoms with van der Waals surface area (Å²) in [5.74, 6) is 1.45. The lowest BCUT2D eigenvalue weighted by Gasteiger charge is -2.10. The Labute approximate surface area is 176 Å². The van der Waals surface area contributed by atoms with Crippen LogP contribution in [0.5, 0.6) is 11.5 Å². The van der Waals surface area contributed by atoms with Crippen LogP contribution in [0.2, 0.25) is 0 Å². The number of benzene rings is 2. The minimum Gasteiger partial charge on any atom is -0.432 e. The smallest absolute Gasteiger partial charge is 0.262 e. The fourth-order valence-corrected chi connectivity index (χ4v) is 3.24. The summed E-state index contributed by atoms with van der Waals surface area (Å²) in [6.07, 6.45) is 2.01. The van der Waals surface area contributed by atoms with Crippen LogP contribution in [0.25, 0.3) is 0 Å². The van der Waals surface area contributed by atoms with Crippen molar-refractivity contribution in [2.24, 2.45) is 0 Å². The van der Waals surface area contributed by atoms with Crippen molar-refractivity contribution in [3.63, 3.8) is 0 Å². The highest BCUT2D eigenvalue weighted by Gasteiger charge is 2.03. The predicted octanol–water partition coefficient (Wildman–Crippen LogP) is 5.16. The molecule has 7 heteroatoms. The van der Waals surface area contributed by atoms with E-state index in [0.29, 0.717) is 10.3 Å². The number of nitrogens with one attached hydrogen (secondary N) is 2. The molecule has 27 heavy (non-hydrogen) atoms. The second-order valence-electron chi connectivity index (χ2n) is 5.68. The number of ether oxygens (including phenoxy) is 2. The zero-order valence-corrected chi connectivity index (χ0v) is 17.9. The minimum atomic E-state index is 0.402. The Morgan fingerprint density at radius 2 is 1.11 bits per heavy atom. The highest BCUT2D eigenvalue weighted by Crippen LogP contribution is 2.30. The van der Waals surface area contributed by atoms with Gasteiger partial charge in [-0.25, -0.2) is 0 Å². The lowest BCUT2D eigenvalue weighted by molar-refractivity contribution is 0.530. The first-order valence-corrected chi connectivity index (χ1v) is 10.5. The quantitative estimate of drug-likeness (QED) is 0.572. The molecule has 0 saturated heterocycles. The van der Waals surface area contributed by atoms with Crippen LogP contribution in [0.3, 0.4) is 0 Å². The van der Waals surface area contributed by atoms with E-state index in [-0.39, 0.29) is 0 Å². The monoisotopic (exact) mass is 420 g/mol. The molecule has 0 aromatic heterocycles. The molecular weight excluding hydrogens is 396 g/mol. The topological polar surface area (TPSA) is 42.5 Å². The van der Waals surface area contributed by atoms with E-state index in [1.807, 2.05) is 48.5 Å². The van der Waals surface area contributed by atoms with Crippen molar-refractivity contribution in [1.82, 2.24) is 10.6 Å². The molecule has 0 fully saturated rings. The summed E-state index contributed by atoms with van der Waals surface area (Å²) in [5, 5.41) is 6.89. The van der Waals surface area contributed by atoms with Gasteiger partial charge >= 0.3 is 0 Å². The minimum absolute atomic E-state index is 0.402. The van der Waals surface area contributed by atoms with Gasteiger partial charge < -0.3 is 20.1 Å². The fourth-order valence-electron chi connectivity index (χ4n) is 2.03. The average molecular weight is 421 g/mol. The van der Waals surface area contributed by atoms with Crippen molar-refractivity contribution in [3.05, 3.63) is 48.5 Å². The van der Waals surface area contributed by atoms with Crippen LogP contribution in [0, 0.1) is 0 Å². The van der Waals surface area contributed by atoms with E-state index in [2.05, 4.69) is 24.5 Å². The zero-order chi connectivity index (χ0) is 19.5. The Bertz CT molecular complexity index is 670. The van der Waals surface area contributed by atoms with Crippen LogP contribution in [-0.4, -0.2) is 23.4 Å². The third kappa shape index (κ3) is 8.15. The van der Waals surface area contributed by atoms with Gasteiger partial charge in [0.15, 0.2) is 0 Å². The molecule has 2 rings (SSSR count). The molecule has 0 aliphatic rings. The van der Waals surface area contributed by atoms with Crippen LogP contribution in [0.15, 0.2) is 58.3 Å². The van der Waals surface area contributed by atoms with Gasteiger partial charge in [-0.05, 0) is 85.8 Å². The van der Waals surface area contributed by atoms with Gasteiger partial charge in [0, 0.05) is 22.9 Å². The van der Waals surface area contributed by atoms with Crippen molar-refractivity contribution in [2.45, 2.75) is 36.5 Å². The summed E-state index contributed by atoms with van der Waals surface area (Å²) in [4.78, 5) is 2.23. The normalized spacial score (nSPS) is 10.1. The van der Waals surface area contributed by atoms with Gasteiger partial charge in [0.05, 0.1) is 0 Å². The molecule has 0 aliphatic carbocycles. The van der Waals surface area contributed by atoms with Crippen LogP contribution in [0.1, 0.15) is 26.7 Å². The Hall–Kier alpha value is -1.83. The standard InChI is InChI=1S/C20H24N2O2S3/c1-3-13-21-19(25)23-15-5-9-17(10-6-15)27-18-11-7-16(8-12-18)24-20(26)22-14-4-2/h5-12H,3-4,13-14H2,1-2H3,(H,21,25)(H,22,26). The van der Waals surface area contributed by atoms with Gasteiger partial charge in [-0.2, -0.15) is 0 Å². The average Bonchev–Trinajstić information content (AvgIpc) is 2.68. The SMILES string of the molecule is CCCNC(=S)Oc1ccc(Sc2ccc(OC(=S)NCCC)cc2)cc1. The van der Waals surface area contributed by atoms with E-state index in [4.69, 9.17) is 33.9 Å². The van der Waals surface area contributed by atoms with Gasteiger partial charge in [-0.3, -0.25) is 0 Å². The predicted molar refractivity (Wildman–Crippen MR) is 120 cm³/mol. The molecule has 0 spiro atoms. The third-order valence-electron chi connectivity index (χ3n) is 3.34. The summed E-state index contributed by atoms with van der Waals surface area (Å²) >= 11 is 11.9. The van der Waals surface area contributed by atoms with Crippen LogP contribution >= 0.6 is 36.2 Å². The summed E-state index contributed by atoms with van der Waals surface area (Å²) in [7, 11) is 0. The Morgan fingerprint density at radius 3 is 1.44 bits per heavy atom. The summed E-state index contributed by atoms with van der Waals surface area (Å²) in [6, 6.07) is 15.7. The summed E-state index contributed by atoms with van der Waals surface area (Å²) < 4.78 is 11.2. The van der Waals surface area contributed by atoms with Crippen molar-refractivity contribution in [3.8, 4) is 11.5 Å². The lowest BCUT2D eigenvalue weighted by atomic mass is 10.3. The molecule has 2 aromatic rings. The third-order valence-corrected chi connectivity index (χ3v) is 4.81. The maximum atomic E-state index is 5.58. The molecule has 0 heterocycles. The molecule has 2 N–H and O–H groups in total. The van der Waals surface area contributed by atoms with E-state index < -0.39 is 0 Å². The van der Waals surface area contributed by atoms with Gasteiger partial charge in [-0.1, -0.05) is 25.6 Å². The first-order valence-electron chi connectivity index (χ1n) is 8.90. The van der Waals surface area contributed by atoms with Crippen molar-refractivity contribution < 1.29 is 9.47 Å². The van der Waals surface area contributed by atoms with E-state index in [9.17, 15) is 0 Å². The molecule has 0 aliphatic heterocycles. The summed E-state index contributed by atoms with van der Waals surface area (Å²) in [5.41, 5.74) is 0. The van der Waals surface area contributed by atoms with E-state index in [1.165, 1.54) is 0 Å². The Balaban J connectivity index is 1.86. The number of hydrogen-bond donors (Lipinski definition) is 2. The van der Waals surface area contributed by atoms with Crippen molar-refractivity contribution in [2.75, 3.05) is 13.1 Å².